The summed E-state index contributed by atoms with van der Waals surface area (Å²) in [6.45, 7) is 7.85. The molecule has 2 N–H and O–H groups in total. The number of carbonyl (C=O) groups excluding carboxylic acids is 3. The van der Waals surface area contributed by atoms with Gasteiger partial charge in [0.05, 0.1) is 6.10 Å². The highest BCUT2D eigenvalue weighted by atomic mass is 79.9. The van der Waals surface area contributed by atoms with Gasteiger partial charge in [-0.3, -0.25) is 14.4 Å². The van der Waals surface area contributed by atoms with E-state index in [-0.39, 0.29) is 24.5 Å². The van der Waals surface area contributed by atoms with E-state index in [9.17, 15) is 24.6 Å². The van der Waals surface area contributed by atoms with Gasteiger partial charge in [-0.1, -0.05) is 47.5 Å². The SMILES string of the molecule is CC1CC2C3CC=C4CC(=O)C=CC4(C)C3(F)C(O)CC2(C)C1(O)C(=O)COC(=O)C(C)(C)Br. The van der Waals surface area contributed by atoms with Gasteiger partial charge in [0.2, 0.25) is 5.78 Å². The topological polar surface area (TPSA) is 101 Å². The Bertz CT molecular complexity index is 1000. The van der Waals surface area contributed by atoms with Gasteiger partial charge >= 0.3 is 5.97 Å². The fourth-order valence-electron chi connectivity index (χ4n) is 7.46. The van der Waals surface area contributed by atoms with Crippen LogP contribution in [0.3, 0.4) is 0 Å². The van der Waals surface area contributed by atoms with Crippen LogP contribution in [0.4, 0.5) is 4.39 Å². The van der Waals surface area contributed by atoms with E-state index in [1.807, 2.05) is 6.08 Å². The van der Waals surface area contributed by atoms with Crippen molar-refractivity contribution in [2.45, 2.75) is 82.0 Å². The van der Waals surface area contributed by atoms with E-state index in [0.29, 0.717) is 18.4 Å². The molecule has 4 aliphatic carbocycles. The summed E-state index contributed by atoms with van der Waals surface area (Å²) in [6, 6.07) is 0. The van der Waals surface area contributed by atoms with Gasteiger partial charge in [-0.15, -0.1) is 0 Å². The summed E-state index contributed by atoms with van der Waals surface area (Å²) in [6.07, 6.45) is 4.20. The van der Waals surface area contributed by atoms with Gasteiger partial charge in [0, 0.05) is 23.2 Å². The summed E-state index contributed by atoms with van der Waals surface area (Å²) in [5, 5.41) is 23.2. The Morgan fingerprint density at radius 1 is 1.29 bits per heavy atom. The molecule has 8 unspecified atom stereocenters. The molecule has 0 amide bonds. The molecule has 188 valence electrons. The molecule has 2 fully saturated rings. The number of aliphatic hydroxyl groups excluding tert-OH is 1. The Morgan fingerprint density at radius 2 is 1.94 bits per heavy atom. The van der Waals surface area contributed by atoms with Crippen molar-refractivity contribution in [3.8, 4) is 0 Å². The summed E-state index contributed by atoms with van der Waals surface area (Å²) in [5.41, 5.74) is -5.45. The van der Waals surface area contributed by atoms with Crippen molar-refractivity contribution in [2.24, 2.45) is 28.6 Å². The van der Waals surface area contributed by atoms with Crippen molar-refractivity contribution < 1.29 is 33.7 Å². The molecule has 8 heteroatoms. The molecule has 34 heavy (non-hydrogen) atoms. The van der Waals surface area contributed by atoms with Crippen LogP contribution in [0.2, 0.25) is 0 Å². The molecule has 0 aliphatic heterocycles. The second-order valence-corrected chi connectivity index (χ2v) is 13.6. The molecule has 0 saturated heterocycles. The maximum Gasteiger partial charge on any atom is 0.322 e. The van der Waals surface area contributed by atoms with Crippen molar-refractivity contribution >= 4 is 33.5 Å². The molecule has 6 nitrogen and oxygen atoms in total. The molecule has 8 atom stereocenters. The number of esters is 1. The predicted octanol–water partition coefficient (Wildman–Crippen LogP) is 3.62. The number of aliphatic hydroxyl groups is 2. The monoisotopic (exact) mass is 540 g/mol. The van der Waals surface area contributed by atoms with Crippen LogP contribution in [0.1, 0.15) is 60.3 Å². The average molecular weight is 541 g/mol. The first-order valence-corrected chi connectivity index (χ1v) is 12.7. The number of fused-ring (bicyclic) bond motifs is 5. The molecular formula is C26H34BrFO6. The van der Waals surface area contributed by atoms with Gasteiger partial charge in [-0.25, -0.2) is 4.39 Å². The highest BCUT2D eigenvalue weighted by Crippen LogP contribution is 2.70. The third-order valence-corrected chi connectivity index (χ3v) is 9.75. The lowest BCUT2D eigenvalue weighted by Crippen LogP contribution is -2.69. The first kappa shape index (κ1) is 25.7. The van der Waals surface area contributed by atoms with Gasteiger partial charge in [0.25, 0.3) is 0 Å². The van der Waals surface area contributed by atoms with Crippen molar-refractivity contribution in [1.82, 2.24) is 0 Å². The Kier molecular flexibility index (Phi) is 5.90. The number of hydrogen-bond acceptors (Lipinski definition) is 6. The van der Waals surface area contributed by atoms with E-state index in [2.05, 4.69) is 15.9 Å². The van der Waals surface area contributed by atoms with Crippen LogP contribution in [0.25, 0.3) is 0 Å². The van der Waals surface area contributed by atoms with Crippen LogP contribution in [0.15, 0.2) is 23.8 Å². The molecule has 0 aromatic carbocycles. The lowest BCUT2D eigenvalue weighted by atomic mass is 9.45. The minimum absolute atomic E-state index is 0.0865. The largest absolute Gasteiger partial charge is 0.457 e. The maximum absolute atomic E-state index is 17.1. The number of ketones is 2. The van der Waals surface area contributed by atoms with Crippen LogP contribution in [-0.2, 0) is 19.1 Å². The molecule has 0 aromatic heterocycles. The quantitative estimate of drug-likeness (QED) is 0.321. The number of halogens is 2. The standard InChI is InChI=1S/C26H34BrFO6/c1-14-10-18-17-7-6-15-11-16(29)8-9-23(15,4)25(17,28)19(30)12-24(18,5)26(14,33)20(31)13-34-21(32)22(2,3)27/h6,8-9,14,17-19,30,33H,7,10-13H2,1-5H3. The van der Waals surface area contributed by atoms with Crippen LogP contribution < -0.4 is 0 Å². The summed E-state index contributed by atoms with van der Waals surface area (Å²) in [5.74, 6) is -2.87. The molecule has 2 saturated carbocycles. The molecule has 4 aliphatic rings. The number of rotatable bonds is 4. The van der Waals surface area contributed by atoms with E-state index >= 15 is 4.39 Å². The van der Waals surface area contributed by atoms with Crippen molar-refractivity contribution in [3.63, 3.8) is 0 Å². The number of ether oxygens (including phenoxy) is 1. The Labute approximate surface area is 208 Å². The van der Waals surface area contributed by atoms with Gasteiger partial charge < -0.3 is 14.9 Å². The van der Waals surface area contributed by atoms with Gasteiger partial charge in [0.1, 0.15) is 9.93 Å². The van der Waals surface area contributed by atoms with Gasteiger partial charge in [-0.05, 0) is 57.9 Å². The molecule has 4 rings (SSSR count). The molecule has 0 bridgehead atoms. The lowest BCUT2D eigenvalue weighted by molar-refractivity contribution is -0.215. The zero-order valence-electron chi connectivity index (χ0n) is 20.4. The van der Waals surface area contributed by atoms with Crippen LogP contribution in [-0.4, -0.2) is 56.1 Å². The smallest absolute Gasteiger partial charge is 0.322 e. The fourth-order valence-corrected chi connectivity index (χ4v) is 7.57. The molecule has 0 heterocycles. The van der Waals surface area contributed by atoms with E-state index in [1.165, 1.54) is 6.08 Å². The van der Waals surface area contributed by atoms with Gasteiger partial charge in [0.15, 0.2) is 18.1 Å². The Hall–Kier alpha value is -1.38. The van der Waals surface area contributed by atoms with E-state index in [4.69, 9.17) is 4.74 Å². The third kappa shape index (κ3) is 3.20. The number of alkyl halides is 2. The highest BCUT2D eigenvalue weighted by Gasteiger charge is 2.75. The van der Waals surface area contributed by atoms with Crippen molar-refractivity contribution in [3.05, 3.63) is 23.8 Å². The predicted molar refractivity (Wildman–Crippen MR) is 127 cm³/mol. The Morgan fingerprint density at radius 3 is 2.56 bits per heavy atom. The second-order valence-electron chi connectivity index (χ2n) is 11.6. The fraction of sp³-hybridized carbons (Fsp3) is 0.731. The maximum atomic E-state index is 17.1. The zero-order chi connectivity index (χ0) is 25.5. The third-order valence-electron chi connectivity index (χ3n) is 9.43. The van der Waals surface area contributed by atoms with Crippen LogP contribution in [0.5, 0.6) is 0 Å². The molecular weight excluding hydrogens is 507 g/mol. The number of allylic oxidation sites excluding steroid dienone is 4. The van der Waals surface area contributed by atoms with E-state index in [0.717, 1.165) is 0 Å². The normalized spacial score (nSPS) is 45.7. The van der Waals surface area contributed by atoms with Crippen LogP contribution >= 0.6 is 15.9 Å². The lowest BCUT2D eigenvalue weighted by Gasteiger charge is -2.62. The average Bonchev–Trinajstić information content (AvgIpc) is 2.94. The molecule has 0 radical (unpaired) electrons. The Balaban J connectivity index is 1.70. The first-order valence-electron chi connectivity index (χ1n) is 11.9. The van der Waals surface area contributed by atoms with Crippen LogP contribution in [0, 0.1) is 28.6 Å². The summed E-state index contributed by atoms with van der Waals surface area (Å²) in [7, 11) is 0. The van der Waals surface area contributed by atoms with E-state index in [1.54, 1.807) is 40.7 Å². The summed E-state index contributed by atoms with van der Waals surface area (Å²) in [4.78, 5) is 37.5. The first-order chi connectivity index (χ1) is 15.5. The molecule has 0 aromatic rings. The van der Waals surface area contributed by atoms with Gasteiger partial charge in [-0.2, -0.15) is 0 Å². The second kappa shape index (κ2) is 7.81. The zero-order valence-corrected chi connectivity index (χ0v) is 21.9. The van der Waals surface area contributed by atoms with E-state index < -0.39 is 62.7 Å². The summed E-state index contributed by atoms with van der Waals surface area (Å²) < 4.78 is 21.3. The number of carbonyl (C=O) groups is 3. The summed E-state index contributed by atoms with van der Waals surface area (Å²) >= 11 is 3.20. The molecule has 0 spiro atoms. The van der Waals surface area contributed by atoms with Crippen molar-refractivity contribution in [1.29, 1.82) is 0 Å². The minimum Gasteiger partial charge on any atom is -0.457 e. The highest BCUT2D eigenvalue weighted by molar-refractivity contribution is 9.10. The number of Topliss-reactive ketones (excluding diaryl/α,β-unsaturated/α-hetero) is 1. The van der Waals surface area contributed by atoms with Crippen molar-refractivity contribution in [2.75, 3.05) is 6.61 Å². The minimum atomic E-state index is -2.03. The number of hydrogen-bond donors (Lipinski definition) is 2.